The van der Waals surface area contributed by atoms with E-state index in [2.05, 4.69) is 43.1 Å². The molecule has 0 aliphatic carbocycles. The van der Waals surface area contributed by atoms with Crippen molar-refractivity contribution < 1.29 is 5.11 Å². The molecule has 0 spiro atoms. The summed E-state index contributed by atoms with van der Waals surface area (Å²) < 4.78 is 0. The van der Waals surface area contributed by atoms with Gasteiger partial charge in [0.1, 0.15) is 11.3 Å². The molecule has 0 bridgehead atoms. The van der Waals surface area contributed by atoms with Crippen molar-refractivity contribution in [3.8, 4) is 5.75 Å². The summed E-state index contributed by atoms with van der Waals surface area (Å²) in [5, 5.41) is 20.3. The number of nitrogens with one attached hydrogen (secondary N) is 1. The average Bonchev–Trinajstić information content (AvgIpc) is 3.07. The van der Waals surface area contributed by atoms with E-state index in [1.807, 2.05) is 31.2 Å². The smallest absolute Gasteiger partial charge is 0.122 e. The number of aromatic hydroxyl groups is 1. The number of hydrogen-bond donors (Lipinski definition) is 2. The summed E-state index contributed by atoms with van der Waals surface area (Å²) >= 11 is 0. The minimum Gasteiger partial charge on any atom is -0.507 e. The number of phenols is 1. The number of aromatic amines is 1. The molecule has 3 aromatic rings. The maximum absolute atomic E-state index is 10.1. The van der Waals surface area contributed by atoms with Gasteiger partial charge in [-0.3, -0.25) is 5.10 Å². The van der Waals surface area contributed by atoms with Gasteiger partial charge in [-0.15, -0.1) is 5.10 Å². The van der Waals surface area contributed by atoms with Crippen LogP contribution in [0.2, 0.25) is 0 Å². The van der Waals surface area contributed by atoms with Gasteiger partial charge in [-0.1, -0.05) is 30.7 Å². The normalized spacial score (nSPS) is 10.5. The lowest BCUT2D eigenvalue weighted by Gasteiger charge is -2.16. The SMILES string of the molecule is CCCCc1c(C)c(C)c(C)c(C)c1O.c1ccc2[nH]nnc2c1. The standard InChI is InChI=1S/C14H22O.C6H5N3/c1-6-7-8-13-11(4)9(2)10(3)12(5)14(13)15;1-2-4-6-5(3-1)7-9-8-6/h15H,6-8H2,1-5H3;1-4H,(H,7,8,9). The minimum atomic E-state index is 0.518. The van der Waals surface area contributed by atoms with E-state index in [1.54, 1.807) is 0 Å². The molecule has 0 aliphatic heterocycles. The molecule has 3 rings (SSSR count). The first kappa shape index (κ1) is 18.0. The topological polar surface area (TPSA) is 61.8 Å². The second kappa shape index (κ2) is 7.95. The molecule has 0 saturated heterocycles. The summed E-state index contributed by atoms with van der Waals surface area (Å²) in [5.74, 6) is 0.518. The number of H-pyrrole nitrogens is 1. The number of nitrogens with zero attached hydrogens (tertiary/aromatic N) is 2. The Balaban J connectivity index is 0.000000194. The van der Waals surface area contributed by atoms with Crippen LogP contribution in [-0.2, 0) is 6.42 Å². The van der Waals surface area contributed by atoms with Crippen LogP contribution in [0.3, 0.4) is 0 Å². The number of para-hydroxylation sites is 1. The molecular weight excluding hydrogens is 298 g/mol. The Kier molecular flexibility index (Phi) is 5.96. The van der Waals surface area contributed by atoms with Crippen molar-refractivity contribution in [3.63, 3.8) is 0 Å². The third-order valence-electron chi connectivity index (χ3n) is 4.79. The number of aromatic nitrogens is 3. The Morgan fingerprint density at radius 3 is 2.29 bits per heavy atom. The van der Waals surface area contributed by atoms with Gasteiger partial charge in [0, 0.05) is 0 Å². The number of benzene rings is 2. The highest BCUT2D eigenvalue weighted by molar-refractivity contribution is 5.72. The second-order valence-electron chi connectivity index (χ2n) is 6.26. The Morgan fingerprint density at radius 1 is 0.958 bits per heavy atom. The molecule has 1 heterocycles. The zero-order valence-corrected chi connectivity index (χ0v) is 15.3. The van der Waals surface area contributed by atoms with E-state index in [9.17, 15) is 5.11 Å². The Bertz CT molecular complexity index is 762. The largest absolute Gasteiger partial charge is 0.507 e. The lowest BCUT2D eigenvalue weighted by Crippen LogP contribution is -1.99. The average molecular weight is 325 g/mol. The summed E-state index contributed by atoms with van der Waals surface area (Å²) in [7, 11) is 0. The van der Waals surface area contributed by atoms with Crippen LogP contribution in [-0.4, -0.2) is 20.5 Å². The van der Waals surface area contributed by atoms with Crippen LogP contribution in [0.4, 0.5) is 0 Å². The molecule has 0 atom stereocenters. The van der Waals surface area contributed by atoms with Crippen molar-refractivity contribution in [2.24, 2.45) is 0 Å². The number of unbranched alkanes of at least 4 members (excludes halogenated alkanes) is 1. The lowest BCUT2D eigenvalue weighted by atomic mass is 9.91. The highest BCUT2D eigenvalue weighted by Gasteiger charge is 2.13. The molecule has 1 aromatic heterocycles. The lowest BCUT2D eigenvalue weighted by molar-refractivity contribution is 0.461. The Morgan fingerprint density at radius 2 is 1.62 bits per heavy atom. The van der Waals surface area contributed by atoms with Crippen molar-refractivity contribution in [2.45, 2.75) is 53.9 Å². The van der Waals surface area contributed by atoms with Gasteiger partial charge in [0.2, 0.25) is 0 Å². The van der Waals surface area contributed by atoms with Crippen LogP contribution in [0.15, 0.2) is 24.3 Å². The first-order valence-corrected chi connectivity index (χ1v) is 8.51. The van der Waals surface area contributed by atoms with E-state index < -0.39 is 0 Å². The fourth-order valence-corrected chi connectivity index (χ4v) is 2.82. The summed E-state index contributed by atoms with van der Waals surface area (Å²) in [6.45, 7) is 10.5. The molecule has 4 nitrogen and oxygen atoms in total. The van der Waals surface area contributed by atoms with Crippen LogP contribution < -0.4 is 0 Å². The van der Waals surface area contributed by atoms with Crippen molar-refractivity contribution in [1.82, 2.24) is 15.4 Å². The summed E-state index contributed by atoms with van der Waals surface area (Å²) in [6, 6.07) is 7.74. The molecule has 0 radical (unpaired) electrons. The predicted molar refractivity (Wildman–Crippen MR) is 99.6 cm³/mol. The van der Waals surface area contributed by atoms with E-state index >= 15 is 0 Å². The van der Waals surface area contributed by atoms with Crippen LogP contribution in [0.5, 0.6) is 5.75 Å². The molecule has 2 aromatic carbocycles. The predicted octanol–water partition coefficient (Wildman–Crippen LogP) is 4.93. The fraction of sp³-hybridized carbons (Fsp3) is 0.400. The summed E-state index contributed by atoms with van der Waals surface area (Å²) in [5.41, 5.74) is 7.92. The molecule has 2 N–H and O–H groups in total. The van der Waals surface area contributed by atoms with Crippen LogP contribution in [0.25, 0.3) is 11.0 Å². The third-order valence-corrected chi connectivity index (χ3v) is 4.79. The van der Waals surface area contributed by atoms with Crippen LogP contribution in [0.1, 0.15) is 47.6 Å². The Hall–Kier alpha value is -2.36. The molecule has 0 saturated carbocycles. The van der Waals surface area contributed by atoms with E-state index in [4.69, 9.17) is 0 Å². The van der Waals surface area contributed by atoms with Crippen molar-refractivity contribution >= 4 is 11.0 Å². The van der Waals surface area contributed by atoms with Gasteiger partial charge in [-0.05, 0) is 80.5 Å². The molecule has 0 fully saturated rings. The molecule has 0 amide bonds. The maximum atomic E-state index is 10.1. The second-order valence-corrected chi connectivity index (χ2v) is 6.26. The number of fused-ring (bicyclic) bond motifs is 1. The third kappa shape index (κ3) is 3.75. The van der Waals surface area contributed by atoms with Crippen LogP contribution in [0, 0.1) is 27.7 Å². The van der Waals surface area contributed by atoms with Crippen molar-refractivity contribution in [1.29, 1.82) is 0 Å². The molecule has 128 valence electrons. The first-order chi connectivity index (χ1) is 11.5. The minimum absolute atomic E-state index is 0.518. The zero-order chi connectivity index (χ0) is 17.7. The number of rotatable bonds is 3. The van der Waals surface area contributed by atoms with Crippen molar-refractivity contribution in [3.05, 3.63) is 52.1 Å². The molecule has 4 heteroatoms. The van der Waals surface area contributed by atoms with Crippen LogP contribution >= 0.6 is 0 Å². The monoisotopic (exact) mass is 325 g/mol. The van der Waals surface area contributed by atoms with E-state index in [1.165, 1.54) is 23.1 Å². The van der Waals surface area contributed by atoms with Gasteiger partial charge < -0.3 is 5.11 Å². The first-order valence-electron chi connectivity index (χ1n) is 8.51. The van der Waals surface area contributed by atoms with E-state index in [-0.39, 0.29) is 0 Å². The van der Waals surface area contributed by atoms with E-state index in [0.29, 0.717) is 5.75 Å². The summed E-state index contributed by atoms with van der Waals surface area (Å²) in [6.07, 6.45) is 3.32. The van der Waals surface area contributed by atoms with E-state index in [0.717, 1.165) is 35.0 Å². The summed E-state index contributed by atoms with van der Waals surface area (Å²) in [4.78, 5) is 0. The number of hydrogen-bond acceptors (Lipinski definition) is 3. The van der Waals surface area contributed by atoms with Gasteiger partial charge in [-0.25, -0.2) is 0 Å². The van der Waals surface area contributed by atoms with Gasteiger partial charge in [0.15, 0.2) is 0 Å². The van der Waals surface area contributed by atoms with Gasteiger partial charge in [0.05, 0.1) is 5.52 Å². The maximum Gasteiger partial charge on any atom is 0.122 e. The molecule has 0 aliphatic rings. The zero-order valence-electron chi connectivity index (χ0n) is 15.3. The van der Waals surface area contributed by atoms with Gasteiger partial charge in [0.25, 0.3) is 0 Å². The Labute approximate surface area is 143 Å². The molecule has 0 unspecified atom stereocenters. The van der Waals surface area contributed by atoms with Gasteiger partial charge in [-0.2, -0.15) is 0 Å². The quantitative estimate of drug-likeness (QED) is 0.718. The molecular formula is C20H27N3O. The van der Waals surface area contributed by atoms with Crippen molar-refractivity contribution in [2.75, 3.05) is 0 Å². The van der Waals surface area contributed by atoms with Gasteiger partial charge >= 0.3 is 0 Å². The highest BCUT2D eigenvalue weighted by Crippen LogP contribution is 2.32. The highest BCUT2D eigenvalue weighted by atomic mass is 16.3. The number of phenolic OH excluding ortho intramolecular Hbond substituents is 1. The fourth-order valence-electron chi connectivity index (χ4n) is 2.82. The molecule has 24 heavy (non-hydrogen) atoms.